The molecule has 0 saturated heterocycles. The average molecular weight is 328 g/mol. The largest absolute Gasteiger partial charge is 0.419 e. The predicted octanol–water partition coefficient (Wildman–Crippen LogP) is 2.40. The lowest BCUT2D eigenvalue weighted by molar-refractivity contribution is -0.116. The van der Waals surface area contributed by atoms with Crippen molar-refractivity contribution < 1.29 is 9.21 Å². The SMILES string of the molecule is Cl.Cn1c(=O)oc2cc(NC(=O)CCCCCCN)ccc21. The van der Waals surface area contributed by atoms with Crippen LogP contribution in [0.4, 0.5) is 5.69 Å². The smallest absolute Gasteiger partial charge is 0.408 e. The number of fused-ring (bicyclic) bond motifs is 1. The first kappa shape index (κ1) is 18.3. The van der Waals surface area contributed by atoms with E-state index in [9.17, 15) is 9.59 Å². The molecule has 0 atom stereocenters. The molecule has 0 unspecified atom stereocenters. The van der Waals surface area contributed by atoms with E-state index in [1.165, 1.54) is 4.57 Å². The van der Waals surface area contributed by atoms with Crippen molar-refractivity contribution >= 4 is 35.1 Å². The van der Waals surface area contributed by atoms with Crippen LogP contribution in [0.3, 0.4) is 0 Å². The molecule has 7 heteroatoms. The van der Waals surface area contributed by atoms with Gasteiger partial charge in [0.1, 0.15) is 0 Å². The Bertz CT molecular complexity index is 678. The van der Waals surface area contributed by atoms with E-state index >= 15 is 0 Å². The van der Waals surface area contributed by atoms with Crippen LogP contribution in [0.15, 0.2) is 27.4 Å². The summed E-state index contributed by atoms with van der Waals surface area (Å²) in [6.07, 6.45) is 4.42. The van der Waals surface area contributed by atoms with Crippen molar-refractivity contribution in [2.75, 3.05) is 11.9 Å². The Labute approximate surface area is 135 Å². The molecule has 0 radical (unpaired) electrons. The van der Waals surface area contributed by atoms with Crippen LogP contribution in [0, 0.1) is 0 Å². The van der Waals surface area contributed by atoms with E-state index in [0.717, 1.165) is 25.7 Å². The second-order valence-electron chi connectivity index (χ2n) is 5.11. The summed E-state index contributed by atoms with van der Waals surface area (Å²) in [6.45, 7) is 0.703. The van der Waals surface area contributed by atoms with Crippen LogP contribution in [0.25, 0.3) is 11.1 Å². The number of halogens is 1. The Kier molecular flexibility index (Phi) is 7.14. The van der Waals surface area contributed by atoms with E-state index in [-0.39, 0.29) is 18.3 Å². The molecule has 2 rings (SSSR count). The topological polar surface area (TPSA) is 90.3 Å². The molecule has 122 valence electrons. The van der Waals surface area contributed by atoms with Crippen molar-refractivity contribution in [3.8, 4) is 0 Å². The number of nitrogens with two attached hydrogens (primary N) is 1. The maximum Gasteiger partial charge on any atom is 0.419 e. The summed E-state index contributed by atoms with van der Waals surface area (Å²) in [5.74, 6) is -0.436. The van der Waals surface area contributed by atoms with E-state index in [0.29, 0.717) is 29.8 Å². The van der Waals surface area contributed by atoms with Crippen LogP contribution < -0.4 is 16.8 Å². The molecule has 1 aromatic heterocycles. The first-order chi connectivity index (χ1) is 10.1. The first-order valence-corrected chi connectivity index (χ1v) is 7.21. The van der Waals surface area contributed by atoms with Gasteiger partial charge in [0, 0.05) is 25.2 Å². The Morgan fingerprint density at radius 3 is 2.73 bits per heavy atom. The Balaban J connectivity index is 0.00000242. The number of nitrogens with one attached hydrogen (secondary N) is 1. The van der Waals surface area contributed by atoms with Crippen molar-refractivity contribution in [3.63, 3.8) is 0 Å². The lowest BCUT2D eigenvalue weighted by atomic mass is 10.1. The molecule has 0 bridgehead atoms. The van der Waals surface area contributed by atoms with Crippen molar-refractivity contribution in [1.29, 1.82) is 0 Å². The Hall–Kier alpha value is -1.79. The lowest BCUT2D eigenvalue weighted by Gasteiger charge is -2.05. The first-order valence-electron chi connectivity index (χ1n) is 7.21. The Morgan fingerprint density at radius 2 is 2.00 bits per heavy atom. The quantitative estimate of drug-likeness (QED) is 0.764. The molecule has 0 saturated carbocycles. The zero-order valence-corrected chi connectivity index (χ0v) is 13.4. The number of oxazole rings is 1. The number of anilines is 1. The normalized spacial score (nSPS) is 10.5. The van der Waals surface area contributed by atoms with Crippen LogP contribution in [0.1, 0.15) is 32.1 Å². The fourth-order valence-electron chi connectivity index (χ4n) is 2.22. The fraction of sp³-hybridized carbons (Fsp3) is 0.467. The van der Waals surface area contributed by atoms with Crippen molar-refractivity contribution in [2.24, 2.45) is 12.8 Å². The second kappa shape index (κ2) is 8.60. The summed E-state index contributed by atoms with van der Waals surface area (Å²) < 4.78 is 6.52. The molecule has 0 aliphatic rings. The number of rotatable bonds is 7. The zero-order valence-electron chi connectivity index (χ0n) is 12.6. The summed E-state index contributed by atoms with van der Waals surface area (Å²) in [4.78, 5) is 23.2. The highest BCUT2D eigenvalue weighted by atomic mass is 35.5. The highest BCUT2D eigenvalue weighted by Gasteiger charge is 2.08. The van der Waals surface area contributed by atoms with Gasteiger partial charge < -0.3 is 15.5 Å². The minimum Gasteiger partial charge on any atom is -0.408 e. The van der Waals surface area contributed by atoms with Crippen LogP contribution >= 0.6 is 12.4 Å². The van der Waals surface area contributed by atoms with Gasteiger partial charge in [0.2, 0.25) is 5.91 Å². The number of carbonyl (C=O) groups is 1. The fourth-order valence-corrected chi connectivity index (χ4v) is 2.22. The molecule has 3 N–H and O–H groups in total. The lowest BCUT2D eigenvalue weighted by Crippen LogP contribution is -2.11. The van der Waals surface area contributed by atoms with Crippen LogP contribution in [0.2, 0.25) is 0 Å². The van der Waals surface area contributed by atoms with Gasteiger partial charge in [0.05, 0.1) is 5.52 Å². The zero-order chi connectivity index (χ0) is 15.2. The number of unbranched alkanes of at least 4 members (excludes halogenated alkanes) is 3. The van der Waals surface area contributed by atoms with Gasteiger partial charge >= 0.3 is 5.76 Å². The molecular formula is C15H22ClN3O3. The second-order valence-corrected chi connectivity index (χ2v) is 5.11. The molecule has 1 aromatic carbocycles. The maximum absolute atomic E-state index is 11.8. The van der Waals surface area contributed by atoms with Crippen LogP contribution in [0.5, 0.6) is 0 Å². The summed E-state index contributed by atoms with van der Waals surface area (Å²) in [6, 6.07) is 5.20. The van der Waals surface area contributed by atoms with E-state index < -0.39 is 5.76 Å². The molecule has 0 fully saturated rings. The summed E-state index contributed by atoms with van der Waals surface area (Å²) in [5, 5.41) is 2.82. The molecule has 22 heavy (non-hydrogen) atoms. The van der Waals surface area contributed by atoms with Crippen molar-refractivity contribution in [1.82, 2.24) is 4.57 Å². The minimum absolute atomic E-state index is 0. The minimum atomic E-state index is -0.409. The van der Waals surface area contributed by atoms with Gasteiger partial charge in [-0.3, -0.25) is 9.36 Å². The standard InChI is InChI=1S/C15H21N3O3.ClH/c1-18-12-8-7-11(10-13(12)21-15(18)20)17-14(19)6-4-2-3-5-9-16;/h7-8,10H,2-6,9,16H2,1H3,(H,17,19);1H. The Morgan fingerprint density at radius 1 is 1.27 bits per heavy atom. The van der Waals surface area contributed by atoms with Gasteiger partial charge in [-0.2, -0.15) is 0 Å². The highest BCUT2D eigenvalue weighted by molar-refractivity contribution is 5.92. The molecule has 1 heterocycles. The summed E-state index contributed by atoms with van der Waals surface area (Å²) in [5.41, 5.74) is 7.24. The number of hydrogen-bond acceptors (Lipinski definition) is 4. The summed E-state index contributed by atoms with van der Waals surface area (Å²) >= 11 is 0. The van der Waals surface area contributed by atoms with Gasteiger partial charge in [-0.15, -0.1) is 12.4 Å². The maximum atomic E-state index is 11.8. The van der Waals surface area contributed by atoms with E-state index in [1.807, 2.05) is 0 Å². The number of nitrogens with zero attached hydrogens (tertiary/aromatic N) is 1. The van der Waals surface area contributed by atoms with Crippen molar-refractivity contribution in [3.05, 3.63) is 28.7 Å². The third-order valence-electron chi connectivity index (χ3n) is 3.43. The van der Waals surface area contributed by atoms with E-state index in [2.05, 4.69) is 5.32 Å². The molecule has 0 aliphatic heterocycles. The predicted molar refractivity (Wildman–Crippen MR) is 89.5 cm³/mol. The van der Waals surface area contributed by atoms with Gasteiger partial charge in [-0.1, -0.05) is 12.8 Å². The third kappa shape index (κ3) is 4.61. The number of aryl methyl sites for hydroxylation is 1. The van der Waals surface area contributed by atoms with Gasteiger partial charge in [0.25, 0.3) is 0 Å². The number of hydrogen-bond donors (Lipinski definition) is 2. The third-order valence-corrected chi connectivity index (χ3v) is 3.43. The van der Waals surface area contributed by atoms with Gasteiger partial charge in [0.15, 0.2) is 5.58 Å². The molecular weight excluding hydrogens is 306 g/mol. The average Bonchev–Trinajstić information content (AvgIpc) is 2.73. The van der Waals surface area contributed by atoms with Crippen molar-refractivity contribution in [2.45, 2.75) is 32.1 Å². The number of carbonyl (C=O) groups excluding carboxylic acids is 1. The molecule has 0 aliphatic carbocycles. The number of aromatic nitrogens is 1. The van der Waals surface area contributed by atoms with Gasteiger partial charge in [-0.25, -0.2) is 4.79 Å². The van der Waals surface area contributed by atoms with Crippen LogP contribution in [-0.2, 0) is 11.8 Å². The molecule has 6 nitrogen and oxygen atoms in total. The van der Waals surface area contributed by atoms with Crippen LogP contribution in [-0.4, -0.2) is 17.0 Å². The molecule has 1 amide bonds. The molecule has 0 spiro atoms. The van der Waals surface area contributed by atoms with E-state index in [1.54, 1.807) is 25.2 Å². The monoisotopic (exact) mass is 327 g/mol. The van der Waals surface area contributed by atoms with Gasteiger partial charge in [-0.05, 0) is 31.5 Å². The highest BCUT2D eigenvalue weighted by Crippen LogP contribution is 2.18. The number of amides is 1. The summed E-state index contributed by atoms with van der Waals surface area (Å²) in [7, 11) is 1.65. The molecule has 2 aromatic rings. The number of benzene rings is 1. The van der Waals surface area contributed by atoms with E-state index in [4.69, 9.17) is 10.2 Å².